The molecule has 0 heterocycles. The minimum Gasteiger partial charge on any atom is -0.493 e. The molecule has 0 radical (unpaired) electrons. The Morgan fingerprint density at radius 3 is 1.93 bits per heavy atom. The van der Waals surface area contributed by atoms with Gasteiger partial charge in [0.25, 0.3) is 0 Å². The van der Waals surface area contributed by atoms with E-state index in [9.17, 15) is 9.59 Å². The molecule has 0 amide bonds. The molecule has 27 heavy (non-hydrogen) atoms. The molecular formula is C21H24O6. The molecule has 6 heteroatoms. The molecule has 6 nitrogen and oxygen atoms in total. The van der Waals surface area contributed by atoms with Crippen LogP contribution in [0.5, 0.6) is 11.5 Å². The summed E-state index contributed by atoms with van der Waals surface area (Å²) in [5.74, 6) is 0.530. The maximum atomic E-state index is 12.2. The highest BCUT2D eigenvalue weighted by Gasteiger charge is 2.11. The van der Waals surface area contributed by atoms with Gasteiger partial charge < -0.3 is 18.9 Å². The van der Waals surface area contributed by atoms with E-state index >= 15 is 0 Å². The lowest BCUT2D eigenvalue weighted by molar-refractivity contribution is 0.0388. The van der Waals surface area contributed by atoms with Gasteiger partial charge in [-0.2, -0.15) is 0 Å². The number of methoxy groups -OCH3 is 1. The topological polar surface area (TPSA) is 71.1 Å². The SMILES string of the molecule is COCCOC(=O)c1ccc(OC(=O)c2ccc(OCC(C)C)cc2)cc1. The lowest BCUT2D eigenvalue weighted by atomic mass is 10.2. The molecule has 0 N–H and O–H groups in total. The molecule has 0 aliphatic carbocycles. The number of rotatable bonds is 9. The van der Waals surface area contributed by atoms with Crippen LogP contribution in [0.15, 0.2) is 48.5 Å². The molecule has 144 valence electrons. The van der Waals surface area contributed by atoms with E-state index in [2.05, 4.69) is 13.8 Å². The second kappa shape index (κ2) is 10.3. The summed E-state index contributed by atoms with van der Waals surface area (Å²) in [6.07, 6.45) is 0. The third-order valence-corrected chi connectivity index (χ3v) is 3.49. The van der Waals surface area contributed by atoms with Crippen LogP contribution < -0.4 is 9.47 Å². The van der Waals surface area contributed by atoms with E-state index in [1.54, 1.807) is 48.5 Å². The van der Waals surface area contributed by atoms with E-state index in [0.717, 1.165) is 0 Å². The molecule has 0 saturated heterocycles. The first-order chi connectivity index (χ1) is 13.0. The molecule has 2 rings (SSSR count). The predicted octanol–water partition coefficient (Wildman–Crippen LogP) is 3.74. The van der Waals surface area contributed by atoms with Crippen LogP contribution in [0, 0.1) is 5.92 Å². The maximum absolute atomic E-state index is 12.2. The third-order valence-electron chi connectivity index (χ3n) is 3.49. The second-order valence-corrected chi connectivity index (χ2v) is 6.27. The monoisotopic (exact) mass is 372 g/mol. The molecule has 0 spiro atoms. The highest BCUT2D eigenvalue weighted by molar-refractivity contribution is 5.92. The van der Waals surface area contributed by atoms with Crippen molar-refractivity contribution in [3.8, 4) is 11.5 Å². The van der Waals surface area contributed by atoms with Crippen molar-refractivity contribution in [2.45, 2.75) is 13.8 Å². The molecule has 0 aromatic heterocycles. The van der Waals surface area contributed by atoms with Crippen molar-refractivity contribution in [3.05, 3.63) is 59.7 Å². The van der Waals surface area contributed by atoms with Gasteiger partial charge >= 0.3 is 11.9 Å². The number of carbonyl (C=O) groups excluding carboxylic acids is 2. The highest BCUT2D eigenvalue weighted by atomic mass is 16.6. The largest absolute Gasteiger partial charge is 0.493 e. The Balaban J connectivity index is 1.90. The molecule has 0 aliphatic rings. The van der Waals surface area contributed by atoms with Gasteiger partial charge in [-0.3, -0.25) is 0 Å². The fourth-order valence-electron chi connectivity index (χ4n) is 2.08. The van der Waals surface area contributed by atoms with Gasteiger partial charge in [-0.1, -0.05) is 13.8 Å². The predicted molar refractivity (Wildman–Crippen MR) is 100 cm³/mol. The minimum atomic E-state index is -0.485. The van der Waals surface area contributed by atoms with Crippen LogP contribution in [-0.2, 0) is 9.47 Å². The summed E-state index contributed by atoms with van der Waals surface area (Å²) in [6.45, 7) is 5.27. The molecule has 0 bridgehead atoms. The molecule has 2 aromatic carbocycles. The molecular weight excluding hydrogens is 348 g/mol. The summed E-state index contributed by atoms with van der Waals surface area (Å²) in [5.41, 5.74) is 0.785. The number of ether oxygens (including phenoxy) is 4. The van der Waals surface area contributed by atoms with Crippen molar-refractivity contribution >= 4 is 11.9 Å². The van der Waals surface area contributed by atoms with E-state index in [1.165, 1.54) is 7.11 Å². The Kier molecular flexibility index (Phi) is 7.82. The Morgan fingerprint density at radius 1 is 0.815 bits per heavy atom. The normalized spacial score (nSPS) is 10.5. The van der Waals surface area contributed by atoms with Crippen LogP contribution in [0.3, 0.4) is 0 Å². The van der Waals surface area contributed by atoms with Gasteiger partial charge in [-0.05, 0) is 54.4 Å². The summed E-state index contributed by atoms with van der Waals surface area (Å²) in [4.78, 5) is 24.0. The average molecular weight is 372 g/mol. The van der Waals surface area contributed by atoms with Gasteiger partial charge in [0.05, 0.1) is 24.3 Å². The van der Waals surface area contributed by atoms with E-state index in [4.69, 9.17) is 18.9 Å². The first kappa shape index (κ1) is 20.5. The van der Waals surface area contributed by atoms with Crippen molar-refractivity contribution in [3.63, 3.8) is 0 Å². The number of benzene rings is 2. The first-order valence-electron chi connectivity index (χ1n) is 8.70. The van der Waals surface area contributed by atoms with E-state index in [0.29, 0.717) is 41.8 Å². The molecule has 0 atom stereocenters. The number of esters is 2. The van der Waals surface area contributed by atoms with Crippen LogP contribution in [0.4, 0.5) is 0 Å². The zero-order valence-electron chi connectivity index (χ0n) is 15.8. The lowest BCUT2D eigenvalue weighted by Crippen LogP contribution is -2.11. The fraction of sp³-hybridized carbons (Fsp3) is 0.333. The molecule has 0 aliphatic heterocycles. The van der Waals surface area contributed by atoms with Crippen molar-refractivity contribution in [2.24, 2.45) is 5.92 Å². The van der Waals surface area contributed by atoms with Gasteiger partial charge in [0.15, 0.2) is 0 Å². The third kappa shape index (κ3) is 6.75. The van der Waals surface area contributed by atoms with Gasteiger partial charge in [0.1, 0.15) is 18.1 Å². The molecule has 0 fully saturated rings. The molecule has 2 aromatic rings. The van der Waals surface area contributed by atoms with E-state index in [-0.39, 0.29) is 6.61 Å². The Hall–Kier alpha value is -2.86. The number of hydrogen-bond donors (Lipinski definition) is 0. The van der Waals surface area contributed by atoms with Gasteiger partial charge in [-0.25, -0.2) is 9.59 Å². The number of carbonyl (C=O) groups is 2. The van der Waals surface area contributed by atoms with Crippen molar-refractivity contribution in [1.82, 2.24) is 0 Å². The summed E-state index contributed by atoms with van der Waals surface area (Å²) < 4.78 is 20.7. The fourth-order valence-corrected chi connectivity index (χ4v) is 2.08. The summed E-state index contributed by atoms with van der Waals surface area (Å²) >= 11 is 0. The highest BCUT2D eigenvalue weighted by Crippen LogP contribution is 2.17. The first-order valence-corrected chi connectivity index (χ1v) is 8.70. The van der Waals surface area contributed by atoms with Crippen LogP contribution in [0.25, 0.3) is 0 Å². The Labute approximate surface area is 159 Å². The lowest BCUT2D eigenvalue weighted by Gasteiger charge is -2.09. The Bertz CT molecular complexity index is 734. The maximum Gasteiger partial charge on any atom is 0.343 e. The second-order valence-electron chi connectivity index (χ2n) is 6.27. The smallest absolute Gasteiger partial charge is 0.343 e. The summed E-state index contributed by atoms with van der Waals surface area (Å²) in [5, 5.41) is 0. The minimum absolute atomic E-state index is 0.183. The van der Waals surface area contributed by atoms with Crippen LogP contribution in [-0.4, -0.2) is 38.9 Å². The van der Waals surface area contributed by atoms with E-state index < -0.39 is 11.9 Å². The van der Waals surface area contributed by atoms with Crippen LogP contribution >= 0.6 is 0 Å². The van der Waals surface area contributed by atoms with Gasteiger partial charge in [-0.15, -0.1) is 0 Å². The average Bonchev–Trinajstić information content (AvgIpc) is 2.67. The van der Waals surface area contributed by atoms with Gasteiger partial charge in [0.2, 0.25) is 0 Å². The van der Waals surface area contributed by atoms with Crippen LogP contribution in [0.1, 0.15) is 34.6 Å². The standard InChI is InChI=1S/C21H24O6/c1-15(2)14-26-18-8-4-17(5-9-18)21(23)27-19-10-6-16(7-11-19)20(22)25-13-12-24-3/h4-11,15H,12-14H2,1-3H3. The van der Waals surface area contributed by atoms with Crippen molar-refractivity contribution < 1.29 is 28.5 Å². The molecule has 0 saturated carbocycles. The quantitative estimate of drug-likeness (QED) is 0.379. The zero-order valence-corrected chi connectivity index (χ0v) is 15.8. The summed E-state index contributed by atoms with van der Waals surface area (Å²) in [7, 11) is 1.53. The number of hydrogen-bond acceptors (Lipinski definition) is 6. The van der Waals surface area contributed by atoms with Crippen molar-refractivity contribution in [1.29, 1.82) is 0 Å². The van der Waals surface area contributed by atoms with E-state index in [1.807, 2.05) is 0 Å². The Morgan fingerprint density at radius 2 is 1.37 bits per heavy atom. The zero-order chi connectivity index (χ0) is 19.6. The molecule has 0 unspecified atom stereocenters. The van der Waals surface area contributed by atoms with Crippen molar-refractivity contribution in [2.75, 3.05) is 26.9 Å². The summed E-state index contributed by atoms with van der Waals surface area (Å²) in [6, 6.07) is 13.0. The van der Waals surface area contributed by atoms with Gasteiger partial charge in [0, 0.05) is 7.11 Å². The van der Waals surface area contributed by atoms with Crippen LogP contribution in [0.2, 0.25) is 0 Å².